The number of nitrogens with zero attached hydrogens (tertiary/aromatic N) is 5. The molecule has 0 spiro atoms. The molecule has 0 radical (unpaired) electrons. The summed E-state index contributed by atoms with van der Waals surface area (Å²) in [4.78, 5) is 27.8. The van der Waals surface area contributed by atoms with Crippen molar-refractivity contribution in [3.05, 3.63) is 59.6 Å². The number of rotatable bonds is 2. The molecule has 0 saturated carbocycles. The molecular formula is C18H19N5O2. The first-order chi connectivity index (χ1) is 12.1. The van der Waals surface area contributed by atoms with Crippen LogP contribution in [-0.2, 0) is 4.74 Å². The third-order valence-electron chi connectivity index (χ3n) is 4.37. The smallest absolute Gasteiger partial charge is 0.274 e. The predicted octanol–water partition coefficient (Wildman–Crippen LogP) is 1.95. The van der Waals surface area contributed by atoms with Gasteiger partial charge in [0.1, 0.15) is 17.4 Å². The van der Waals surface area contributed by atoms with E-state index < -0.39 is 0 Å². The number of imidazole rings is 1. The summed E-state index contributed by atoms with van der Waals surface area (Å²) >= 11 is 0. The van der Waals surface area contributed by atoms with Crippen LogP contribution in [0.3, 0.4) is 0 Å². The van der Waals surface area contributed by atoms with E-state index in [0.29, 0.717) is 31.2 Å². The summed E-state index contributed by atoms with van der Waals surface area (Å²) in [5.74, 6) is 0.521. The topological polar surface area (TPSA) is 72.6 Å². The van der Waals surface area contributed by atoms with Crippen LogP contribution in [0.4, 0.5) is 0 Å². The molecule has 0 aliphatic carbocycles. The highest BCUT2D eigenvalue weighted by Crippen LogP contribution is 2.21. The lowest BCUT2D eigenvalue weighted by molar-refractivity contribution is -0.0270. The summed E-state index contributed by atoms with van der Waals surface area (Å²) in [5, 5.41) is 0. The third kappa shape index (κ3) is 2.98. The fraction of sp³-hybridized carbons (Fsp3) is 0.333. The molecule has 1 amide bonds. The number of carbonyl (C=O) groups excluding carboxylic acids is 1. The van der Waals surface area contributed by atoms with Crippen molar-refractivity contribution in [2.75, 3.05) is 19.7 Å². The van der Waals surface area contributed by atoms with Crippen LogP contribution in [0.5, 0.6) is 0 Å². The van der Waals surface area contributed by atoms with Gasteiger partial charge in [-0.15, -0.1) is 0 Å². The highest BCUT2D eigenvalue weighted by molar-refractivity contribution is 5.93. The second kappa shape index (κ2) is 6.25. The molecule has 0 bridgehead atoms. The van der Waals surface area contributed by atoms with Gasteiger partial charge in [0, 0.05) is 30.3 Å². The van der Waals surface area contributed by atoms with Crippen molar-refractivity contribution in [1.82, 2.24) is 24.3 Å². The Kier molecular flexibility index (Phi) is 3.93. The van der Waals surface area contributed by atoms with Crippen molar-refractivity contribution in [1.29, 1.82) is 0 Å². The van der Waals surface area contributed by atoms with E-state index in [-0.39, 0.29) is 12.0 Å². The SMILES string of the molecule is Cc1ccnc(C2CN(C(=O)c3cn4c(C)cccc4n3)CCO2)n1. The van der Waals surface area contributed by atoms with Crippen molar-refractivity contribution in [3.63, 3.8) is 0 Å². The van der Waals surface area contributed by atoms with Gasteiger partial charge in [0.15, 0.2) is 5.82 Å². The zero-order valence-corrected chi connectivity index (χ0v) is 14.2. The van der Waals surface area contributed by atoms with Crippen LogP contribution in [0.15, 0.2) is 36.7 Å². The number of pyridine rings is 1. The minimum Gasteiger partial charge on any atom is -0.367 e. The summed E-state index contributed by atoms with van der Waals surface area (Å²) in [6.07, 6.45) is 3.20. The lowest BCUT2D eigenvalue weighted by atomic mass is 10.2. The van der Waals surface area contributed by atoms with Gasteiger partial charge in [-0.05, 0) is 32.0 Å². The van der Waals surface area contributed by atoms with Crippen molar-refractivity contribution < 1.29 is 9.53 Å². The number of aromatic nitrogens is 4. The van der Waals surface area contributed by atoms with Gasteiger partial charge >= 0.3 is 0 Å². The molecule has 1 atom stereocenters. The molecule has 7 nitrogen and oxygen atoms in total. The minimum atomic E-state index is -0.309. The molecule has 0 aromatic carbocycles. The molecule has 0 N–H and O–H groups in total. The normalized spacial score (nSPS) is 17.8. The first-order valence-corrected chi connectivity index (χ1v) is 8.27. The maximum absolute atomic E-state index is 12.9. The van der Waals surface area contributed by atoms with E-state index >= 15 is 0 Å². The Balaban J connectivity index is 1.57. The highest BCUT2D eigenvalue weighted by atomic mass is 16.5. The summed E-state index contributed by atoms with van der Waals surface area (Å²) in [7, 11) is 0. The van der Waals surface area contributed by atoms with Crippen LogP contribution < -0.4 is 0 Å². The molecule has 1 unspecified atom stereocenters. The second-order valence-corrected chi connectivity index (χ2v) is 6.19. The average molecular weight is 337 g/mol. The van der Waals surface area contributed by atoms with Crippen molar-refractivity contribution in [2.24, 2.45) is 0 Å². The fourth-order valence-electron chi connectivity index (χ4n) is 3.03. The van der Waals surface area contributed by atoms with Crippen LogP contribution in [0, 0.1) is 13.8 Å². The summed E-state index contributed by atoms with van der Waals surface area (Å²) in [6, 6.07) is 7.66. The van der Waals surface area contributed by atoms with E-state index in [9.17, 15) is 4.79 Å². The molecule has 1 saturated heterocycles. The molecule has 1 aliphatic rings. The zero-order valence-electron chi connectivity index (χ0n) is 14.2. The van der Waals surface area contributed by atoms with Gasteiger partial charge in [0.05, 0.1) is 13.2 Å². The number of hydrogen-bond donors (Lipinski definition) is 0. The Morgan fingerprint density at radius 3 is 2.92 bits per heavy atom. The summed E-state index contributed by atoms with van der Waals surface area (Å²) in [5.41, 5.74) is 3.14. The lowest BCUT2D eigenvalue weighted by Crippen LogP contribution is -2.42. The van der Waals surface area contributed by atoms with E-state index in [0.717, 1.165) is 17.0 Å². The molecule has 128 valence electrons. The quantitative estimate of drug-likeness (QED) is 0.715. The number of morpholine rings is 1. The maximum Gasteiger partial charge on any atom is 0.274 e. The van der Waals surface area contributed by atoms with Crippen LogP contribution in [0.1, 0.15) is 33.8 Å². The first kappa shape index (κ1) is 15.7. The number of fused-ring (bicyclic) bond motifs is 1. The number of carbonyl (C=O) groups is 1. The molecular weight excluding hydrogens is 318 g/mol. The van der Waals surface area contributed by atoms with Gasteiger partial charge in [-0.3, -0.25) is 4.79 Å². The first-order valence-electron chi connectivity index (χ1n) is 8.27. The van der Waals surface area contributed by atoms with E-state index in [1.165, 1.54) is 0 Å². The predicted molar refractivity (Wildman–Crippen MR) is 91.3 cm³/mol. The van der Waals surface area contributed by atoms with Crippen molar-refractivity contribution >= 4 is 11.6 Å². The summed E-state index contributed by atoms with van der Waals surface area (Å²) < 4.78 is 7.69. The van der Waals surface area contributed by atoms with Gasteiger partial charge in [-0.1, -0.05) is 6.07 Å². The third-order valence-corrected chi connectivity index (χ3v) is 4.37. The largest absolute Gasteiger partial charge is 0.367 e. The van der Waals surface area contributed by atoms with E-state index in [1.807, 2.05) is 42.5 Å². The molecule has 3 aromatic rings. The Morgan fingerprint density at radius 1 is 1.24 bits per heavy atom. The molecule has 1 aliphatic heterocycles. The number of ether oxygens (including phenoxy) is 1. The molecule has 25 heavy (non-hydrogen) atoms. The average Bonchev–Trinajstić information content (AvgIpc) is 3.07. The minimum absolute atomic E-state index is 0.0935. The van der Waals surface area contributed by atoms with Gasteiger partial charge in [0.25, 0.3) is 5.91 Å². The maximum atomic E-state index is 12.9. The van der Waals surface area contributed by atoms with Crippen LogP contribution >= 0.6 is 0 Å². The highest BCUT2D eigenvalue weighted by Gasteiger charge is 2.29. The van der Waals surface area contributed by atoms with E-state index in [2.05, 4.69) is 15.0 Å². The molecule has 7 heteroatoms. The standard InChI is InChI=1S/C18H19N5O2/c1-12-6-7-19-17(20-12)15-11-22(8-9-25-15)18(24)14-10-23-13(2)4-3-5-16(23)21-14/h3-7,10,15H,8-9,11H2,1-2H3. The number of hydrogen-bond acceptors (Lipinski definition) is 5. The molecule has 1 fully saturated rings. The van der Waals surface area contributed by atoms with Gasteiger partial charge in [-0.2, -0.15) is 0 Å². The van der Waals surface area contributed by atoms with E-state index in [4.69, 9.17) is 4.74 Å². The molecule has 4 rings (SSSR count). The molecule has 3 aromatic heterocycles. The Hall–Kier alpha value is -2.80. The number of aryl methyl sites for hydroxylation is 2. The Labute approximate surface area is 145 Å². The lowest BCUT2D eigenvalue weighted by Gasteiger charge is -2.31. The van der Waals surface area contributed by atoms with Gasteiger partial charge < -0.3 is 14.0 Å². The Morgan fingerprint density at radius 2 is 2.12 bits per heavy atom. The van der Waals surface area contributed by atoms with Gasteiger partial charge in [0.2, 0.25) is 0 Å². The van der Waals surface area contributed by atoms with Crippen LogP contribution in [0.25, 0.3) is 5.65 Å². The number of amides is 1. The zero-order chi connectivity index (χ0) is 17.4. The monoisotopic (exact) mass is 337 g/mol. The van der Waals surface area contributed by atoms with E-state index in [1.54, 1.807) is 17.3 Å². The second-order valence-electron chi connectivity index (χ2n) is 6.19. The van der Waals surface area contributed by atoms with Crippen molar-refractivity contribution in [3.8, 4) is 0 Å². The van der Waals surface area contributed by atoms with Crippen molar-refractivity contribution in [2.45, 2.75) is 20.0 Å². The van der Waals surface area contributed by atoms with Gasteiger partial charge in [-0.25, -0.2) is 15.0 Å². The van der Waals surface area contributed by atoms with Crippen LogP contribution in [0.2, 0.25) is 0 Å². The van der Waals surface area contributed by atoms with Crippen LogP contribution in [-0.4, -0.2) is 49.9 Å². The molecule has 4 heterocycles. The summed E-state index contributed by atoms with van der Waals surface area (Å²) in [6.45, 7) is 5.32. The fourth-order valence-corrected chi connectivity index (χ4v) is 3.03. The Bertz CT molecular complexity index is 936.